The molecule has 0 saturated carbocycles. The summed E-state index contributed by atoms with van der Waals surface area (Å²) in [5.41, 5.74) is 3.00. The molecule has 0 atom stereocenters. The molecule has 0 unspecified atom stereocenters. The van der Waals surface area contributed by atoms with Crippen LogP contribution in [0.15, 0.2) is 66.7 Å². The van der Waals surface area contributed by atoms with E-state index in [1.54, 1.807) is 46.2 Å². The van der Waals surface area contributed by atoms with Gasteiger partial charge in [-0.1, -0.05) is 35.9 Å². The number of hydrogen-bond donors (Lipinski definition) is 2. The predicted molar refractivity (Wildman–Crippen MR) is 146 cm³/mol. The predicted octanol–water partition coefficient (Wildman–Crippen LogP) is 5.31. The van der Waals surface area contributed by atoms with Crippen LogP contribution in [0.2, 0.25) is 0 Å². The summed E-state index contributed by atoms with van der Waals surface area (Å²) in [4.78, 5) is 42.7. The molecule has 8 heteroatoms. The number of nitrogens with zero attached hydrogens (tertiary/aromatic N) is 2. The number of carbonyl (C=O) groups is 3. The molecule has 0 aromatic heterocycles. The van der Waals surface area contributed by atoms with Crippen LogP contribution in [0, 0.1) is 6.92 Å². The van der Waals surface area contributed by atoms with Crippen LogP contribution in [-0.4, -0.2) is 64.6 Å². The molecule has 0 spiro atoms. The number of anilines is 1. The third kappa shape index (κ3) is 6.51. The molecule has 3 aromatic rings. The van der Waals surface area contributed by atoms with Gasteiger partial charge in [0.1, 0.15) is 11.4 Å². The molecule has 1 aliphatic rings. The number of ether oxygens (including phenoxy) is 1. The lowest BCUT2D eigenvalue weighted by Crippen LogP contribution is -2.51. The fraction of sp³-hybridized carbons (Fsp3) is 0.300. The second-order valence-electron chi connectivity index (χ2n) is 10.4. The Hall–Kier alpha value is -4.33. The summed E-state index contributed by atoms with van der Waals surface area (Å²) in [5.74, 6) is -0.590. The number of phenols is 1. The van der Waals surface area contributed by atoms with E-state index in [1.807, 2.05) is 58.0 Å². The van der Waals surface area contributed by atoms with E-state index in [1.165, 1.54) is 0 Å². The first-order valence-electron chi connectivity index (χ1n) is 12.6. The van der Waals surface area contributed by atoms with Crippen LogP contribution in [0.25, 0.3) is 11.1 Å². The highest BCUT2D eigenvalue weighted by atomic mass is 16.6. The highest BCUT2D eigenvalue weighted by molar-refractivity contribution is 6.12. The first-order chi connectivity index (χ1) is 18.0. The Kier molecular flexibility index (Phi) is 7.71. The fourth-order valence-electron chi connectivity index (χ4n) is 4.21. The summed E-state index contributed by atoms with van der Waals surface area (Å²) < 4.78 is 5.45. The van der Waals surface area contributed by atoms with E-state index in [9.17, 15) is 19.5 Å². The molecule has 1 saturated heterocycles. The number of aryl methyl sites for hydroxylation is 1. The van der Waals surface area contributed by atoms with E-state index in [4.69, 9.17) is 4.74 Å². The molecule has 4 rings (SSSR count). The number of aromatic hydroxyl groups is 1. The number of nitrogens with one attached hydrogen (secondary N) is 1. The third-order valence-corrected chi connectivity index (χ3v) is 6.20. The number of rotatable bonds is 4. The molecule has 3 amide bonds. The van der Waals surface area contributed by atoms with E-state index in [-0.39, 0.29) is 22.8 Å². The highest BCUT2D eigenvalue weighted by Crippen LogP contribution is 2.27. The molecule has 1 heterocycles. The molecule has 0 bridgehead atoms. The maximum atomic E-state index is 13.6. The van der Waals surface area contributed by atoms with Crippen LogP contribution in [0.1, 0.15) is 47.1 Å². The standard InChI is InChI=1S/C30H33N3O5/c1-20-8-11-23(12-9-20)31-27(35)26-19-22(21-6-5-7-24(34)18-21)10-13-25(26)28(36)32-14-16-33(17-15-32)29(37)38-30(2,3)4/h5-13,18-19,34H,14-17H2,1-4H3,(H,31,35). The van der Waals surface area contributed by atoms with Gasteiger partial charge in [0, 0.05) is 31.9 Å². The minimum atomic E-state index is -0.596. The average molecular weight is 516 g/mol. The van der Waals surface area contributed by atoms with E-state index >= 15 is 0 Å². The lowest BCUT2D eigenvalue weighted by molar-refractivity contribution is 0.0141. The molecule has 1 fully saturated rings. The number of hydrogen-bond acceptors (Lipinski definition) is 5. The first-order valence-corrected chi connectivity index (χ1v) is 12.6. The Morgan fingerprint density at radius 3 is 2.08 bits per heavy atom. The van der Waals surface area contributed by atoms with Gasteiger partial charge in [-0.25, -0.2) is 4.79 Å². The van der Waals surface area contributed by atoms with Crippen molar-refractivity contribution in [1.82, 2.24) is 9.80 Å². The third-order valence-electron chi connectivity index (χ3n) is 6.20. The van der Waals surface area contributed by atoms with Crippen molar-refractivity contribution in [1.29, 1.82) is 0 Å². The topological polar surface area (TPSA) is 99.2 Å². The second kappa shape index (κ2) is 11.0. The largest absolute Gasteiger partial charge is 0.508 e. The van der Waals surface area contributed by atoms with Crippen molar-refractivity contribution in [2.75, 3.05) is 31.5 Å². The van der Waals surface area contributed by atoms with E-state index in [0.29, 0.717) is 37.4 Å². The Morgan fingerprint density at radius 2 is 1.45 bits per heavy atom. The molecule has 38 heavy (non-hydrogen) atoms. The summed E-state index contributed by atoms with van der Waals surface area (Å²) in [6.45, 7) is 8.73. The molecular weight excluding hydrogens is 482 g/mol. The summed E-state index contributed by atoms with van der Waals surface area (Å²) in [6.07, 6.45) is -0.404. The van der Waals surface area contributed by atoms with Crippen LogP contribution in [-0.2, 0) is 4.74 Å². The zero-order chi connectivity index (χ0) is 27.4. The number of amides is 3. The Morgan fingerprint density at radius 1 is 0.816 bits per heavy atom. The summed E-state index contributed by atoms with van der Waals surface area (Å²) in [7, 11) is 0. The minimum Gasteiger partial charge on any atom is -0.508 e. The van der Waals surface area contributed by atoms with Crippen molar-refractivity contribution in [2.24, 2.45) is 0 Å². The van der Waals surface area contributed by atoms with Gasteiger partial charge in [0.15, 0.2) is 0 Å². The number of phenolic OH excluding ortho intramolecular Hbond substituents is 1. The van der Waals surface area contributed by atoms with Crippen molar-refractivity contribution in [2.45, 2.75) is 33.3 Å². The van der Waals surface area contributed by atoms with E-state index in [2.05, 4.69) is 5.32 Å². The number of piperazine rings is 1. The first kappa shape index (κ1) is 26.7. The number of benzene rings is 3. The molecule has 3 aromatic carbocycles. The zero-order valence-corrected chi connectivity index (χ0v) is 22.2. The molecule has 2 N–H and O–H groups in total. The Balaban J connectivity index is 1.59. The number of carbonyl (C=O) groups excluding carboxylic acids is 3. The molecule has 0 aliphatic carbocycles. The fourth-order valence-corrected chi connectivity index (χ4v) is 4.21. The average Bonchev–Trinajstić information content (AvgIpc) is 2.88. The van der Waals surface area contributed by atoms with Gasteiger partial charge in [-0.05, 0) is 75.2 Å². The van der Waals surface area contributed by atoms with Crippen LogP contribution >= 0.6 is 0 Å². The van der Waals surface area contributed by atoms with Crippen molar-refractivity contribution in [3.63, 3.8) is 0 Å². The molecule has 1 aliphatic heterocycles. The lowest BCUT2D eigenvalue weighted by atomic mass is 9.97. The minimum absolute atomic E-state index is 0.108. The van der Waals surface area contributed by atoms with Crippen LogP contribution in [0.5, 0.6) is 5.75 Å². The van der Waals surface area contributed by atoms with Crippen molar-refractivity contribution in [3.05, 3.63) is 83.4 Å². The van der Waals surface area contributed by atoms with Gasteiger partial charge in [-0.3, -0.25) is 9.59 Å². The van der Waals surface area contributed by atoms with Gasteiger partial charge >= 0.3 is 6.09 Å². The lowest BCUT2D eigenvalue weighted by Gasteiger charge is -2.35. The maximum Gasteiger partial charge on any atom is 0.410 e. The van der Waals surface area contributed by atoms with Crippen molar-refractivity contribution in [3.8, 4) is 16.9 Å². The SMILES string of the molecule is Cc1ccc(NC(=O)c2cc(-c3cccc(O)c3)ccc2C(=O)N2CCN(C(=O)OC(C)(C)C)CC2)cc1. The van der Waals surface area contributed by atoms with Crippen molar-refractivity contribution >= 4 is 23.6 Å². The monoisotopic (exact) mass is 515 g/mol. The van der Waals surface area contributed by atoms with Crippen LogP contribution in [0.4, 0.5) is 10.5 Å². The Bertz CT molecular complexity index is 1340. The van der Waals surface area contributed by atoms with E-state index < -0.39 is 17.6 Å². The van der Waals surface area contributed by atoms with Gasteiger partial charge in [-0.2, -0.15) is 0 Å². The van der Waals surface area contributed by atoms with Crippen LogP contribution < -0.4 is 5.32 Å². The van der Waals surface area contributed by atoms with Gasteiger partial charge in [0.2, 0.25) is 0 Å². The second-order valence-corrected chi connectivity index (χ2v) is 10.4. The quantitative estimate of drug-likeness (QED) is 0.490. The smallest absolute Gasteiger partial charge is 0.410 e. The van der Waals surface area contributed by atoms with Gasteiger partial charge in [0.25, 0.3) is 11.8 Å². The highest BCUT2D eigenvalue weighted by Gasteiger charge is 2.30. The van der Waals surface area contributed by atoms with Gasteiger partial charge in [-0.15, -0.1) is 0 Å². The molecule has 198 valence electrons. The summed E-state index contributed by atoms with van der Waals surface area (Å²) >= 11 is 0. The molecular formula is C30H33N3O5. The molecule has 0 radical (unpaired) electrons. The van der Waals surface area contributed by atoms with Gasteiger partial charge in [0.05, 0.1) is 11.1 Å². The maximum absolute atomic E-state index is 13.6. The van der Waals surface area contributed by atoms with E-state index in [0.717, 1.165) is 11.1 Å². The summed E-state index contributed by atoms with van der Waals surface area (Å²) in [5, 5.41) is 12.8. The normalized spacial score (nSPS) is 13.7. The zero-order valence-electron chi connectivity index (χ0n) is 22.2. The van der Waals surface area contributed by atoms with Crippen LogP contribution in [0.3, 0.4) is 0 Å². The van der Waals surface area contributed by atoms with Crippen molar-refractivity contribution < 1.29 is 24.2 Å². The summed E-state index contributed by atoms with van der Waals surface area (Å²) in [6, 6.07) is 19.2. The molecule has 8 nitrogen and oxygen atoms in total. The Labute approximate surface area is 222 Å². The van der Waals surface area contributed by atoms with Gasteiger partial charge < -0.3 is 25.0 Å².